The molecule has 0 radical (unpaired) electrons. The van der Waals surface area contributed by atoms with Crippen molar-refractivity contribution in [3.8, 4) is 22.5 Å². The lowest BCUT2D eigenvalue weighted by Gasteiger charge is -2.19. The number of para-hydroxylation sites is 1. The molecule has 60 heavy (non-hydrogen) atoms. The molecule has 0 bridgehead atoms. The zero-order valence-corrected chi connectivity index (χ0v) is 33.2. The van der Waals surface area contributed by atoms with Crippen molar-refractivity contribution in [2.24, 2.45) is 0 Å². The predicted octanol–water partition coefficient (Wildman–Crippen LogP) is 12.0. The van der Waals surface area contributed by atoms with Crippen molar-refractivity contribution in [1.29, 1.82) is 0 Å². The Hall–Kier alpha value is -7.22. The number of fused-ring (bicyclic) bond motifs is 9. The van der Waals surface area contributed by atoms with Crippen LogP contribution in [0.3, 0.4) is 0 Å². The van der Waals surface area contributed by atoms with Crippen molar-refractivity contribution >= 4 is 96.5 Å². The van der Waals surface area contributed by atoms with Gasteiger partial charge in [-0.3, -0.25) is 0 Å². The molecular formula is C53H35N3O3S. The molecule has 1 unspecified atom stereocenters. The van der Waals surface area contributed by atoms with E-state index in [1.165, 1.54) is 11.1 Å². The maximum Gasteiger partial charge on any atom is 0.164 e. The van der Waals surface area contributed by atoms with E-state index in [1.807, 2.05) is 42.5 Å². The van der Waals surface area contributed by atoms with Gasteiger partial charge in [0.2, 0.25) is 0 Å². The second-order valence-corrected chi connectivity index (χ2v) is 15.8. The summed E-state index contributed by atoms with van der Waals surface area (Å²) in [6, 6.07) is 48.2. The van der Waals surface area contributed by atoms with Crippen LogP contribution in [0.4, 0.5) is 0 Å². The van der Waals surface area contributed by atoms with Crippen molar-refractivity contribution in [3.63, 3.8) is 0 Å². The molecule has 0 N–H and O–H groups in total. The van der Waals surface area contributed by atoms with Crippen molar-refractivity contribution in [3.05, 3.63) is 179 Å². The van der Waals surface area contributed by atoms with Gasteiger partial charge in [-0.15, -0.1) is 0 Å². The first kappa shape index (κ1) is 34.8. The largest absolute Gasteiger partial charge is 0.456 e. The van der Waals surface area contributed by atoms with E-state index in [2.05, 4.69) is 134 Å². The Kier molecular flexibility index (Phi) is 8.10. The van der Waals surface area contributed by atoms with Crippen LogP contribution in [-0.2, 0) is 12.8 Å². The lowest BCUT2D eigenvalue weighted by molar-refractivity contribution is 0.575. The van der Waals surface area contributed by atoms with Crippen molar-refractivity contribution < 1.29 is 13.3 Å². The number of rotatable bonds is 6. The van der Waals surface area contributed by atoms with Crippen molar-refractivity contribution in [2.75, 3.05) is 5.75 Å². The van der Waals surface area contributed by atoms with Crippen LogP contribution in [0.2, 0.25) is 0 Å². The SMILES string of the molecule is SC/C=c1/oc2cc3ccccc3cc2/c1=C/Cc1nc(-c2cccc3oc4cc(-c5cccc6oc7ccccc7c56)ccc4c23)nc(C2C=Cc3ccccc3C2)n1. The third kappa shape index (κ3) is 5.76. The van der Waals surface area contributed by atoms with Crippen LogP contribution < -0.4 is 10.6 Å². The fourth-order valence-corrected chi connectivity index (χ4v) is 9.22. The summed E-state index contributed by atoms with van der Waals surface area (Å²) in [5, 5.41) is 8.52. The van der Waals surface area contributed by atoms with Gasteiger partial charge in [0, 0.05) is 55.8 Å². The first-order valence-corrected chi connectivity index (χ1v) is 20.9. The van der Waals surface area contributed by atoms with Gasteiger partial charge in [-0.2, -0.15) is 12.6 Å². The minimum Gasteiger partial charge on any atom is -0.456 e. The highest BCUT2D eigenvalue weighted by molar-refractivity contribution is 7.80. The van der Waals surface area contributed by atoms with Gasteiger partial charge in [0.1, 0.15) is 45.0 Å². The Labute approximate surface area is 349 Å². The van der Waals surface area contributed by atoms with E-state index in [1.54, 1.807) is 0 Å². The number of furan rings is 3. The first-order chi connectivity index (χ1) is 29.6. The second-order valence-electron chi connectivity index (χ2n) is 15.4. The van der Waals surface area contributed by atoms with Crippen LogP contribution in [0.25, 0.3) is 106 Å². The molecule has 0 aliphatic heterocycles. The van der Waals surface area contributed by atoms with E-state index in [0.29, 0.717) is 23.8 Å². The third-order valence-electron chi connectivity index (χ3n) is 11.9. The van der Waals surface area contributed by atoms with E-state index >= 15 is 0 Å². The second kappa shape index (κ2) is 14.0. The summed E-state index contributed by atoms with van der Waals surface area (Å²) in [5.41, 5.74) is 10.5. The highest BCUT2D eigenvalue weighted by Crippen LogP contribution is 2.41. The summed E-state index contributed by atoms with van der Waals surface area (Å²) in [5.74, 6) is 2.58. The number of thiol groups is 1. The average molecular weight is 794 g/mol. The molecule has 1 aliphatic carbocycles. The van der Waals surface area contributed by atoms with Gasteiger partial charge in [-0.1, -0.05) is 115 Å². The summed E-state index contributed by atoms with van der Waals surface area (Å²) >= 11 is 4.53. The number of hydrogen-bond acceptors (Lipinski definition) is 7. The highest BCUT2D eigenvalue weighted by Gasteiger charge is 2.23. The molecular weight excluding hydrogens is 759 g/mol. The van der Waals surface area contributed by atoms with Crippen molar-refractivity contribution in [2.45, 2.75) is 18.8 Å². The fraction of sp³-hybridized carbons (Fsp3) is 0.0755. The van der Waals surface area contributed by atoms with Gasteiger partial charge < -0.3 is 13.3 Å². The standard InChI is InChI=1S/C53H35N3O3S/c60-26-25-44-38(42-28-33-11-3-4-12-34(33)29-48(42)58-44)23-24-49-54-52(36-20-19-31-9-1-2-10-32(31)27-36)56-53(55-49)41-15-8-18-46-51(41)40-22-21-35(30-47(40)59-46)37-14-7-17-45-50(37)39-13-5-6-16-43(39)57-45/h1-23,25,28-30,36,60H,24,26-27H2/b38-23-,44-25+. The van der Waals surface area contributed by atoms with E-state index < -0.39 is 0 Å². The lowest BCUT2D eigenvalue weighted by atomic mass is 9.89. The molecule has 7 aromatic carbocycles. The maximum atomic E-state index is 6.65. The summed E-state index contributed by atoms with van der Waals surface area (Å²) in [6.07, 6.45) is 9.90. The normalized spacial score (nSPS) is 14.8. The van der Waals surface area contributed by atoms with Gasteiger partial charge in [-0.05, 0) is 88.0 Å². The molecule has 1 atom stereocenters. The van der Waals surface area contributed by atoms with Gasteiger partial charge in [0.05, 0.1) is 0 Å². The first-order valence-electron chi connectivity index (χ1n) is 20.2. The predicted molar refractivity (Wildman–Crippen MR) is 247 cm³/mol. The minimum atomic E-state index is -0.0147. The molecule has 0 amide bonds. The van der Waals surface area contributed by atoms with E-state index in [0.717, 1.165) is 105 Å². The van der Waals surface area contributed by atoms with E-state index in [9.17, 15) is 0 Å². The molecule has 0 spiro atoms. The fourth-order valence-electron chi connectivity index (χ4n) is 9.05. The van der Waals surface area contributed by atoms with Gasteiger partial charge >= 0.3 is 0 Å². The Morgan fingerprint density at radius 1 is 0.583 bits per heavy atom. The Bertz CT molecular complexity index is 3690. The molecule has 4 heterocycles. The Balaban J connectivity index is 1.01. The molecule has 7 heteroatoms. The molecule has 11 aromatic rings. The average Bonchev–Trinajstić information content (AvgIpc) is 3.97. The number of aromatic nitrogens is 3. The number of allylic oxidation sites excluding steroid dienone is 1. The molecule has 0 saturated heterocycles. The van der Waals surface area contributed by atoms with E-state index in [-0.39, 0.29) is 5.92 Å². The molecule has 286 valence electrons. The van der Waals surface area contributed by atoms with Crippen LogP contribution >= 0.6 is 12.6 Å². The summed E-state index contributed by atoms with van der Waals surface area (Å²) < 4.78 is 19.3. The van der Waals surface area contributed by atoms with Crippen LogP contribution in [0, 0.1) is 0 Å². The summed E-state index contributed by atoms with van der Waals surface area (Å²) in [4.78, 5) is 15.7. The molecule has 0 saturated carbocycles. The highest BCUT2D eigenvalue weighted by atomic mass is 32.1. The van der Waals surface area contributed by atoms with Crippen LogP contribution in [0.15, 0.2) is 159 Å². The van der Waals surface area contributed by atoms with Gasteiger partial charge in [0.15, 0.2) is 5.82 Å². The zero-order chi connectivity index (χ0) is 39.7. The summed E-state index contributed by atoms with van der Waals surface area (Å²) in [7, 11) is 0. The molecule has 12 rings (SSSR count). The maximum absolute atomic E-state index is 6.65. The van der Waals surface area contributed by atoms with Crippen molar-refractivity contribution in [1.82, 2.24) is 15.0 Å². The molecule has 0 fully saturated rings. The smallest absolute Gasteiger partial charge is 0.164 e. The van der Waals surface area contributed by atoms with Gasteiger partial charge in [0.25, 0.3) is 0 Å². The van der Waals surface area contributed by atoms with Crippen LogP contribution in [0.1, 0.15) is 28.7 Å². The Morgan fingerprint density at radius 3 is 2.18 bits per heavy atom. The monoisotopic (exact) mass is 793 g/mol. The lowest BCUT2D eigenvalue weighted by Crippen LogP contribution is -2.21. The van der Waals surface area contributed by atoms with Crippen LogP contribution in [0.5, 0.6) is 0 Å². The number of nitrogens with zero attached hydrogens (tertiary/aromatic N) is 3. The van der Waals surface area contributed by atoms with E-state index in [4.69, 9.17) is 28.2 Å². The zero-order valence-electron chi connectivity index (χ0n) is 32.3. The third-order valence-corrected chi connectivity index (χ3v) is 12.1. The van der Waals surface area contributed by atoms with Crippen LogP contribution in [-0.4, -0.2) is 20.7 Å². The quantitative estimate of drug-likeness (QED) is 0.169. The topological polar surface area (TPSA) is 78.1 Å². The molecule has 4 aromatic heterocycles. The van der Waals surface area contributed by atoms with Gasteiger partial charge in [-0.25, -0.2) is 15.0 Å². The Morgan fingerprint density at radius 2 is 1.30 bits per heavy atom. The number of hydrogen-bond donors (Lipinski definition) is 1. The molecule has 6 nitrogen and oxygen atoms in total. The number of benzene rings is 7. The summed E-state index contributed by atoms with van der Waals surface area (Å²) in [6.45, 7) is 0. The molecule has 1 aliphatic rings. The minimum absolute atomic E-state index is 0.0147.